The molecule has 1 aliphatic rings. The van der Waals surface area contributed by atoms with E-state index in [1.54, 1.807) is 13.2 Å². The molecule has 2 heterocycles. The highest BCUT2D eigenvalue weighted by molar-refractivity contribution is 6.13. The molecule has 0 fully saturated rings. The second kappa shape index (κ2) is 7.65. The lowest BCUT2D eigenvalue weighted by Crippen LogP contribution is -2.14. The van der Waals surface area contributed by atoms with Gasteiger partial charge in [-0.05, 0) is 55.0 Å². The van der Waals surface area contributed by atoms with E-state index in [1.165, 1.54) is 0 Å². The van der Waals surface area contributed by atoms with E-state index in [1.807, 2.05) is 67.6 Å². The van der Waals surface area contributed by atoms with E-state index in [-0.39, 0.29) is 12.7 Å². The predicted molar refractivity (Wildman–Crippen MR) is 119 cm³/mol. The predicted octanol–water partition coefficient (Wildman–Crippen LogP) is 5.20. The van der Waals surface area contributed by atoms with Crippen LogP contribution in [0.1, 0.15) is 15.9 Å². The monoisotopic (exact) mass is 412 g/mol. The Hall–Kier alpha value is -4.06. The number of hydrogen-bond acceptors (Lipinski definition) is 5. The van der Waals surface area contributed by atoms with Crippen LogP contribution in [0.15, 0.2) is 66.7 Å². The van der Waals surface area contributed by atoms with Gasteiger partial charge in [0, 0.05) is 10.9 Å². The summed E-state index contributed by atoms with van der Waals surface area (Å²) in [5.74, 6) is 1.75. The topological polar surface area (TPSA) is 69.7 Å². The van der Waals surface area contributed by atoms with Crippen molar-refractivity contribution < 1.29 is 19.0 Å². The smallest absolute Gasteiger partial charge is 0.256 e. The molecule has 0 spiro atoms. The molecule has 4 aromatic rings. The molecule has 154 valence electrons. The quantitative estimate of drug-likeness (QED) is 0.499. The van der Waals surface area contributed by atoms with Crippen molar-refractivity contribution in [3.8, 4) is 28.5 Å². The van der Waals surface area contributed by atoms with Crippen LogP contribution in [0.3, 0.4) is 0 Å². The molecule has 1 N–H and O–H groups in total. The Morgan fingerprint density at radius 1 is 1.00 bits per heavy atom. The molecule has 1 aromatic heterocycles. The number of nitrogens with one attached hydrogen (secondary N) is 1. The van der Waals surface area contributed by atoms with Crippen LogP contribution in [-0.2, 0) is 0 Å². The van der Waals surface area contributed by atoms with Gasteiger partial charge in [-0.15, -0.1) is 0 Å². The van der Waals surface area contributed by atoms with E-state index in [2.05, 4.69) is 5.32 Å². The fourth-order valence-corrected chi connectivity index (χ4v) is 3.68. The summed E-state index contributed by atoms with van der Waals surface area (Å²) in [6.07, 6.45) is 0. The van der Waals surface area contributed by atoms with E-state index in [4.69, 9.17) is 19.2 Å². The normalized spacial score (nSPS) is 12.1. The summed E-state index contributed by atoms with van der Waals surface area (Å²) in [6, 6.07) is 20.7. The van der Waals surface area contributed by atoms with Gasteiger partial charge in [0.1, 0.15) is 5.75 Å². The van der Waals surface area contributed by atoms with Crippen molar-refractivity contribution >= 4 is 22.5 Å². The number of fused-ring (bicyclic) bond motifs is 2. The van der Waals surface area contributed by atoms with Gasteiger partial charge in [0.2, 0.25) is 6.79 Å². The van der Waals surface area contributed by atoms with E-state index in [0.29, 0.717) is 34.2 Å². The number of hydrogen-bond donors (Lipinski definition) is 1. The number of pyridine rings is 1. The van der Waals surface area contributed by atoms with Crippen LogP contribution in [0.2, 0.25) is 0 Å². The number of aromatic nitrogens is 1. The zero-order valence-electron chi connectivity index (χ0n) is 17.1. The zero-order valence-corrected chi connectivity index (χ0v) is 17.1. The highest BCUT2D eigenvalue weighted by Gasteiger charge is 2.18. The third kappa shape index (κ3) is 3.53. The van der Waals surface area contributed by atoms with Gasteiger partial charge in [0.15, 0.2) is 11.5 Å². The highest BCUT2D eigenvalue weighted by atomic mass is 16.7. The number of amides is 1. The van der Waals surface area contributed by atoms with E-state index in [0.717, 1.165) is 22.0 Å². The molecule has 6 nitrogen and oxygen atoms in total. The molecule has 1 aliphatic heterocycles. The van der Waals surface area contributed by atoms with E-state index >= 15 is 0 Å². The summed E-state index contributed by atoms with van der Waals surface area (Å²) in [6.45, 7) is 2.17. The number of aryl methyl sites for hydroxylation is 1. The molecule has 5 rings (SSSR count). The van der Waals surface area contributed by atoms with Crippen LogP contribution in [0, 0.1) is 6.92 Å². The maximum atomic E-state index is 13.3. The van der Waals surface area contributed by atoms with Gasteiger partial charge in [-0.3, -0.25) is 4.79 Å². The Balaban J connectivity index is 1.59. The lowest BCUT2D eigenvalue weighted by molar-refractivity contribution is 0.102. The van der Waals surface area contributed by atoms with Gasteiger partial charge in [-0.25, -0.2) is 4.98 Å². The molecule has 0 saturated heterocycles. The second-order valence-corrected chi connectivity index (χ2v) is 7.30. The summed E-state index contributed by atoms with van der Waals surface area (Å²) in [5.41, 5.74) is 4.44. The van der Waals surface area contributed by atoms with Crippen molar-refractivity contribution in [2.75, 3.05) is 19.2 Å². The standard InChI is InChI=1S/C25H20N2O4/c1-15-7-9-22(29-2)21(11-15)27-25(28)18-13-20(26-19-6-4-3-5-17(18)19)16-8-10-23-24(12-16)31-14-30-23/h3-13H,14H2,1-2H3,(H,27,28). The lowest BCUT2D eigenvalue weighted by Gasteiger charge is -2.13. The van der Waals surface area contributed by atoms with Crippen molar-refractivity contribution in [2.24, 2.45) is 0 Å². The molecule has 0 unspecified atom stereocenters. The molecule has 1 amide bonds. The minimum Gasteiger partial charge on any atom is -0.495 e. The van der Waals surface area contributed by atoms with Gasteiger partial charge in [-0.2, -0.15) is 0 Å². The Kier molecular flexibility index (Phi) is 4.67. The average molecular weight is 412 g/mol. The first kappa shape index (κ1) is 18.9. The van der Waals surface area contributed by atoms with Gasteiger partial charge in [0.05, 0.1) is 29.6 Å². The average Bonchev–Trinajstić information content (AvgIpc) is 3.26. The van der Waals surface area contributed by atoms with Crippen LogP contribution in [-0.4, -0.2) is 24.8 Å². The third-order valence-electron chi connectivity index (χ3n) is 5.23. The highest BCUT2D eigenvalue weighted by Crippen LogP contribution is 2.36. The summed E-state index contributed by atoms with van der Waals surface area (Å²) in [7, 11) is 1.58. The summed E-state index contributed by atoms with van der Waals surface area (Å²) in [5, 5.41) is 3.77. The Morgan fingerprint density at radius 2 is 1.84 bits per heavy atom. The minimum absolute atomic E-state index is 0.204. The minimum atomic E-state index is -0.232. The number of carbonyl (C=O) groups is 1. The molecule has 0 aliphatic carbocycles. The summed E-state index contributed by atoms with van der Waals surface area (Å²) < 4.78 is 16.3. The molecule has 0 saturated carbocycles. The SMILES string of the molecule is COc1ccc(C)cc1NC(=O)c1cc(-c2ccc3c(c2)OCO3)nc2ccccc12. The second-order valence-electron chi connectivity index (χ2n) is 7.30. The first-order chi connectivity index (χ1) is 15.1. The number of anilines is 1. The number of ether oxygens (including phenoxy) is 3. The fraction of sp³-hybridized carbons (Fsp3) is 0.120. The maximum absolute atomic E-state index is 13.3. The van der Waals surface area contributed by atoms with E-state index < -0.39 is 0 Å². The van der Waals surface area contributed by atoms with E-state index in [9.17, 15) is 4.79 Å². The molecule has 6 heteroatoms. The van der Waals surface area contributed by atoms with Crippen molar-refractivity contribution in [3.05, 3.63) is 77.9 Å². The maximum Gasteiger partial charge on any atom is 0.256 e. The van der Waals surface area contributed by atoms with Gasteiger partial charge < -0.3 is 19.5 Å². The number of benzene rings is 3. The summed E-state index contributed by atoms with van der Waals surface area (Å²) >= 11 is 0. The molecular formula is C25H20N2O4. The Labute approximate surface area is 179 Å². The number of rotatable bonds is 4. The number of carbonyl (C=O) groups excluding carboxylic acids is 1. The van der Waals surface area contributed by atoms with Gasteiger partial charge in [-0.1, -0.05) is 24.3 Å². The number of methoxy groups -OCH3 is 1. The van der Waals surface area contributed by atoms with Crippen LogP contribution in [0.5, 0.6) is 17.2 Å². The lowest BCUT2D eigenvalue weighted by atomic mass is 10.0. The molecule has 0 bridgehead atoms. The summed E-state index contributed by atoms with van der Waals surface area (Å²) in [4.78, 5) is 18.1. The Morgan fingerprint density at radius 3 is 2.71 bits per heavy atom. The van der Waals surface area contributed by atoms with Gasteiger partial charge >= 0.3 is 0 Å². The third-order valence-corrected chi connectivity index (χ3v) is 5.23. The largest absolute Gasteiger partial charge is 0.495 e. The van der Waals surface area contributed by atoms with Crippen LogP contribution in [0.25, 0.3) is 22.2 Å². The number of para-hydroxylation sites is 1. The van der Waals surface area contributed by atoms with Crippen molar-refractivity contribution in [1.82, 2.24) is 4.98 Å². The van der Waals surface area contributed by atoms with Crippen LogP contribution < -0.4 is 19.5 Å². The molecule has 31 heavy (non-hydrogen) atoms. The molecule has 0 radical (unpaired) electrons. The zero-order chi connectivity index (χ0) is 21.4. The van der Waals surface area contributed by atoms with Crippen molar-refractivity contribution in [1.29, 1.82) is 0 Å². The van der Waals surface area contributed by atoms with Crippen LogP contribution in [0.4, 0.5) is 5.69 Å². The van der Waals surface area contributed by atoms with Crippen molar-refractivity contribution in [3.63, 3.8) is 0 Å². The molecule has 0 atom stereocenters. The molecular weight excluding hydrogens is 392 g/mol. The Bertz CT molecular complexity index is 1320. The molecule has 3 aromatic carbocycles. The first-order valence-corrected chi connectivity index (χ1v) is 9.88. The fourth-order valence-electron chi connectivity index (χ4n) is 3.68. The van der Waals surface area contributed by atoms with Crippen molar-refractivity contribution in [2.45, 2.75) is 6.92 Å². The first-order valence-electron chi connectivity index (χ1n) is 9.88. The van der Waals surface area contributed by atoms with Crippen LogP contribution >= 0.6 is 0 Å². The number of nitrogens with zero attached hydrogens (tertiary/aromatic N) is 1. The van der Waals surface area contributed by atoms with Gasteiger partial charge in [0.25, 0.3) is 5.91 Å².